The van der Waals surface area contributed by atoms with Crippen molar-refractivity contribution >= 4 is 35.1 Å². The Bertz CT molecular complexity index is 1260. The van der Waals surface area contributed by atoms with Gasteiger partial charge in [-0.3, -0.25) is 4.79 Å². The van der Waals surface area contributed by atoms with Crippen molar-refractivity contribution in [3.05, 3.63) is 76.9 Å². The molecule has 3 heterocycles. The van der Waals surface area contributed by atoms with Gasteiger partial charge in [-0.2, -0.15) is 0 Å². The van der Waals surface area contributed by atoms with Gasteiger partial charge in [-0.25, -0.2) is 4.79 Å². The van der Waals surface area contributed by atoms with E-state index in [-0.39, 0.29) is 29.9 Å². The van der Waals surface area contributed by atoms with Crippen molar-refractivity contribution in [2.24, 2.45) is 0 Å². The number of rotatable bonds is 6. The van der Waals surface area contributed by atoms with Gasteiger partial charge in [-0.05, 0) is 23.8 Å². The summed E-state index contributed by atoms with van der Waals surface area (Å²) in [5.74, 6) is 0.848. The second-order valence-electron chi connectivity index (χ2n) is 8.93. The third-order valence-electron chi connectivity index (χ3n) is 6.37. The maximum Gasteiger partial charge on any atom is 0.410 e. The highest BCUT2D eigenvalue weighted by molar-refractivity contribution is 6.29. The average molecular weight is 523 g/mol. The van der Waals surface area contributed by atoms with E-state index in [2.05, 4.69) is 10.2 Å². The number of nitrogens with zero attached hydrogens (tertiary/aromatic N) is 5. The number of anilines is 2. The number of piperazine rings is 1. The molecule has 1 aromatic heterocycles. The first-order chi connectivity index (χ1) is 18.0. The van der Waals surface area contributed by atoms with E-state index in [0.717, 1.165) is 11.3 Å². The van der Waals surface area contributed by atoms with E-state index in [1.807, 2.05) is 41.3 Å². The predicted molar refractivity (Wildman–Crippen MR) is 139 cm³/mol. The van der Waals surface area contributed by atoms with E-state index in [1.54, 1.807) is 34.1 Å². The van der Waals surface area contributed by atoms with Gasteiger partial charge >= 0.3 is 6.09 Å². The summed E-state index contributed by atoms with van der Waals surface area (Å²) >= 11 is 5.93. The highest BCUT2D eigenvalue weighted by Crippen LogP contribution is 2.29. The van der Waals surface area contributed by atoms with E-state index in [9.17, 15) is 9.59 Å². The quantitative estimate of drug-likeness (QED) is 0.525. The van der Waals surface area contributed by atoms with Crippen LogP contribution in [-0.2, 0) is 11.3 Å². The molecule has 2 aliphatic heterocycles. The number of nitrogen functional groups attached to an aromatic ring is 1. The zero-order valence-electron chi connectivity index (χ0n) is 20.1. The summed E-state index contributed by atoms with van der Waals surface area (Å²) < 4.78 is 11.5. The highest BCUT2D eigenvalue weighted by Gasteiger charge is 2.31. The zero-order chi connectivity index (χ0) is 25.8. The van der Waals surface area contributed by atoms with Gasteiger partial charge < -0.3 is 29.9 Å². The first-order valence-electron chi connectivity index (χ1n) is 12.0. The normalized spacial score (nSPS) is 15.8. The fourth-order valence-corrected chi connectivity index (χ4v) is 4.45. The van der Waals surface area contributed by atoms with Crippen LogP contribution in [0.1, 0.15) is 15.9 Å². The Kier molecular flexibility index (Phi) is 7.27. The van der Waals surface area contributed by atoms with E-state index in [0.29, 0.717) is 56.4 Å². The molecule has 37 heavy (non-hydrogen) atoms. The molecule has 2 N–H and O–H groups in total. The summed E-state index contributed by atoms with van der Waals surface area (Å²) in [6.07, 6.45) is -0.422. The molecular weight excluding hydrogens is 496 g/mol. The molecule has 0 aliphatic carbocycles. The number of aromatic nitrogens is 2. The maximum atomic E-state index is 13.1. The van der Waals surface area contributed by atoms with Crippen LogP contribution in [0.25, 0.3) is 0 Å². The van der Waals surface area contributed by atoms with Crippen LogP contribution < -0.4 is 15.4 Å². The van der Waals surface area contributed by atoms with Crippen molar-refractivity contribution in [3.63, 3.8) is 0 Å². The lowest BCUT2D eigenvalue weighted by Gasteiger charge is -2.40. The van der Waals surface area contributed by atoms with Crippen molar-refractivity contribution < 1.29 is 19.1 Å². The number of nitrogens with two attached hydrogens (primary N) is 1. The molecule has 2 aromatic carbocycles. The summed E-state index contributed by atoms with van der Waals surface area (Å²) in [4.78, 5) is 30.9. The summed E-state index contributed by atoms with van der Waals surface area (Å²) in [5.41, 5.74) is 8.11. The maximum absolute atomic E-state index is 13.1. The standard InChI is InChI=1S/C26H27ClN6O4/c27-23-14-22(24(28)30-29-23)33-15-21(16-33)37-20-8-4-7-19(13-20)25(34)31-9-11-32(12-10-31)26(35)36-17-18-5-2-1-3-6-18/h1-8,13-14,21H,9-12,15-17H2,(H2,28,30). The average Bonchev–Trinajstić information content (AvgIpc) is 2.91. The van der Waals surface area contributed by atoms with Gasteiger partial charge in [0, 0.05) is 37.8 Å². The van der Waals surface area contributed by atoms with Crippen LogP contribution in [-0.4, -0.2) is 77.4 Å². The lowest BCUT2D eigenvalue weighted by molar-refractivity contribution is 0.0543. The molecule has 192 valence electrons. The first kappa shape index (κ1) is 24.6. The van der Waals surface area contributed by atoms with Gasteiger partial charge in [0.05, 0.1) is 18.8 Å². The molecule has 0 unspecified atom stereocenters. The van der Waals surface area contributed by atoms with Gasteiger partial charge in [0.15, 0.2) is 11.0 Å². The lowest BCUT2D eigenvalue weighted by atomic mass is 10.1. The molecule has 2 amide bonds. The Labute approximate surface area is 219 Å². The highest BCUT2D eigenvalue weighted by atomic mass is 35.5. The van der Waals surface area contributed by atoms with Gasteiger partial charge in [0.1, 0.15) is 18.5 Å². The van der Waals surface area contributed by atoms with Crippen molar-refractivity contribution in [2.75, 3.05) is 49.9 Å². The summed E-state index contributed by atoms with van der Waals surface area (Å²) in [5, 5.41) is 7.86. The lowest BCUT2D eigenvalue weighted by Crippen LogP contribution is -2.54. The molecule has 0 radical (unpaired) electrons. The summed E-state index contributed by atoms with van der Waals surface area (Å²) in [6, 6.07) is 18.4. The minimum absolute atomic E-state index is 0.0536. The predicted octanol–water partition coefficient (Wildman–Crippen LogP) is 3.07. The summed E-state index contributed by atoms with van der Waals surface area (Å²) in [6.45, 7) is 3.18. The van der Waals surface area contributed by atoms with Crippen molar-refractivity contribution in [1.29, 1.82) is 0 Å². The number of hydrogen-bond donors (Lipinski definition) is 1. The third-order valence-corrected chi connectivity index (χ3v) is 6.56. The summed E-state index contributed by atoms with van der Waals surface area (Å²) in [7, 11) is 0. The van der Waals surface area contributed by atoms with Crippen LogP contribution in [0.4, 0.5) is 16.3 Å². The molecule has 2 aliphatic rings. The SMILES string of the molecule is Nc1nnc(Cl)cc1N1CC(Oc2cccc(C(=O)N3CCN(C(=O)OCc4ccccc4)CC3)c2)C1. The second-order valence-corrected chi connectivity index (χ2v) is 9.32. The van der Waals surface area contributed by atoms with Crippen LogP contribution >= 0.6 is 11.6 Å². The van der Waals surface area contributed by atoms with E-state index in [1.165, 1.54) is 0 Å². The monoisotopic (exact) mass is 522 g/mol. The van der Waals surface area contributed by atoms with Gasteiger partial charge in [0.2, 0.25) is 0 Å². The van der Waals surface area contributed by atoms with E-state index < -0.39 is 0 Å². The Balaban J connectivity index is 1.10. The third kappa shape index (κ3) is 5.86. The molecule has 3 aromatic rings. The number of halogens is 1. The fraction of sp³-hybridized carbons (Fsp3) is 0.308. The molecule has 0 saturated carbocycles. The van der Waals surface area contributed by atoms with Gasteiger partial charge in [-0.1, -0.05) is 48.0 Å². The molecule has 5 rings (SSSR count). The number of carbonyl (C=O) groups is 2. The van der Waals surface area contributed by atoms with Crippen LogP contribution in [0.2, 0.25) is 5.15 Å². The smallest absolute Gasteiger partial charge is 0.410 e. The molecule has 11 heteroatoms. The minimum Gasteiger partial charge on any atom is -0.487 e. The topological polar surface area (TPSA) is 114 Å². The van der Waals surface area contributed by atoms with E-state index in [4.69, 9.17) is 26.8 Å². The molecule has 2 fully saturated rings. The van der Waals surface area contributed by atoms with Crippen molar-refractivity contribution in [1.82, 2.24) is 20.0 Å². The molecule has 0 bridgehead atoms. The molecular formula is C26H27ClN6O4. The molecule has 10 nitrogen and oxygen atoms in total. The van der Waals surface area contributed by atoms with Crippen molar-refractivity contribution in [2.45, 2.75) is 12.7 Å². The van der Waals surface area contributed by atoms with E-state index >= 15 is 0 Å². The Morgan fingerprint density at radius 2 is 1.68 bits per heavy atom. The fourth-order valence-electron chi connectivity index (χ4n) is 4.31. The zero-order valence-corrected chi connectivity index (χ0v) is 20.9. The minimum atomic E-state index is -0.368. The van der Waals surface area contributed by atoms with Crippen LogP contribution in [0.5, 0.6) is 5.75 Å². The van der Waals surface area contributed by atoms with Gasteiger partial charge in [0.25, 0.3) is 5.91 Å². The Morgan fingerprint density at radius 1 is 0.946 bits per heavy atom. The molecule has 0 spiro atoms. The number of ether oxygens (including phenoxy) is 2. The molecule has 0 atom stereocenters. The second kappa shape index (κ2) is 10.9. The Hall–Kier alpha value is -4.05. The number of benzene rings is 2. The molecule has 2 saturated heterocycles. The van der Waals surface area contributed by atoms with Crippen LogP contribution in [0, 0.1) is 0 Å². The number of hydrogen-bond acceptors (Lipinski definition) is 8. The van der Waals surface area contributed by atoms with Crippen molar-refractivity contribution in [3.8, 4) is 5.75 Å². The number of amides is 2. The Morgan fingerprint density at radius 3 is 2.43 bits per heavy atom. The van der Waals surface area contributed by atoms with Gasteiger partial charge in [-0.15, -0.1) is 10.2 Å². The van der Waals surface area contributed by atoms with Crippen LogP contribution in [0.3, 0.4) is 0 Å². The largest absolute Gasteiger partial charge is 0.487 e. The number of carbonyl (C=O) groups excluding carboxylic acids is 2. The first-order valence-corrected chi connectivity index (χ1v) is 12.4. The van der Waals surface area contributed by atoms with Crippen LogP contribution in [0.15, 0.2) is 60.7 Å².